The Morgan fingerprint density at radius 1 is 1.11 bits per heavy atom. The smallest absolute Gasteiger partial charge is 0.258 e. The zero-order valence-electron chi connectivity index (χ0n) is 16.8. The first-order valence-electron chi connectivity index (χ1n) is 9.18. The number of amides is 1. The van der Waals surface area contributed by atoms with Gasteiger partial charge >= 0.3 is 0 Å². The Bertz CT molecular complexity index is 878. The van der Waals surface area contributed by atoms with Crippen molar-refractivity contribution in [1.29, 1.82) is 0 Å². The predicted molar refractivity (Wildman–Crippen MR) is 111 cm³/mol. The molecular weight excluding hydrogens is 376 g/mol. The topological polar surface area (TPSA) is 75.7 Å². The second-order valence-electron chi connectivity index (χ2n) is 6.89. The number of benzene rings is 2. The van der Waals surface area contributed by atoms with Crippen LogP contribution >= 0.6 is 0 Å². The summed E-state index contributed by atoms with van der Waals surface area (Å²) in [6.07, 6.45) is 1.96. The van der Waals surface area contributed by atoms with E-state index in [-0.39, 0.29) is 25.1 Å². The van der Waals surface area contributed by atoms with Gasteiger partial charge in [0, 0.05) is 13.6 Å². The molecular formula is C21H28N2O4S. The number of carbonyl (C=O) groups is 1. The minimum Gasteiger partial charge on any atom is -0.484 e. The van der Waals surface area contributed by atoms with E-state index in [0.29, 0.717) is 5.75 Å². The van der Waals surface area contributed by atoms with Crippen molar-refractivity contribution < 1.29 is 17.9 Å². The van der Waals surface area contributed by atoms with Crippen molar-refractivity contribution in [2.75, 3.05) is 19.9 Å². The highest BCUT2D eigenvalue weighted by Gasteiger charge is 2.14. The Kier molecular flexibility index (Phi) is 7.60. The van der Waals surface area contributed by atoms with Crippen molar-refractivity contribution >= 4 is 15.9 Å². The molecule has 0 aromatic heterocycles. The standard InChI is InChI=1S/C21H28N2O4S/c1-5-20(18-10-6-16(2)7-11-18)22-21(24)15-27-19-12-8-17(9-13-19)14-23(3)28(4,25)26/h6-13,20H,5,14-15H2,1-4H3,(H,22,24)/t20-/m1/s1. The monoisotopic (exact) mass is 404 g/mol. The van der Waals surface area contributed by atoms with Gasteiger partial charge in [0.15, 0.2) is 6.61 Å². The van der Waals surface area contributed by atoms with Gasteiger partial charge in [-0.1, -0.05) is 48.9 Å². The molecule has 7 heteroatoms. The maximum Gasteiger partial charge on any atom is 0.258 e. The molecule has 0 spiro atoms. The van der Waals surface area contributed by atoms with Gasteiger partial charge < -0.3 is 10.1 Å². The Hall–Kier alpha value is -2.38. The Labute approximate surface area is 167 Å². The van der Waals surface area contributed by atoms with Crippen LogP contribution in [0.4, 0.5) is 0 Å². The normalized spacial score (nSPS) is 12.6. The lowest BCUT2D eigenvalue weighted by Crippen LogP contribution is -2.32. The zero-order valence-corrected chi connectivity index (χ0v) is 17.6. The number of carbonyl (C=O) groups excluding carboxylic acids is 1. The molecule has 0 aliphatic carbocycles. The van der Waals surface area contributed by atoms with Crippen LogP contribution in [-0.2, 0) is 21.4 Å². The molecule has 1 atom stereocenters. The molecule has 0 saturated heterocycles. The van der Waals surface area contributed by atoms with Crippen molar-refractivity contribution in [3.63, 3.8) is 0 Å². The molecule has 0 bridgehead atoms. The average molecular weight is 405 g/mol. The fourth-order valence-electron chi connectivity index (χ4n) is 2.67. The number of rotatable bonds is 9. The molecule has 1 amide bonds. The van der Waals surface area contributed by atoms with Crippen molar-refractivity contribution in [2.24, 2.45) is 0 Å². The molecule has 0 heterocycles. The molecule has 0 unspecified atom stereocenters. The molecule has 2 rings (SSSR count). The van der Waals surface area contributed by atoms with Crippen LogP contribution in [0, 0.1) is 6.92 Å². The lowest BCUT2D eigenvalue weighted by molar-refractivity contribution is -0.123. The Morgan fingerprint density at radius 2 is 1.71 bits per heavy atom. The van der Waals surface area contributed by atoms with Crippen LogP contribution in [0.15, 0.2) is 48.5 Å². The minimum absolute atomic E-state index is 0.0504. The summed E-state index contributed by atoms with van der Waals surface area (Å²) in [4.78, 5) is 12.2. The fraction of sp³-hybridized carbons (Fsp3) is 0.381. The fourth-order valence-corrected chi connectivity index (χ4v) is 3.05. The highest BCUT2D eigenvalue weighted by Crippen LogP contribution is 2.18. The number of hydrogen-bond acceptors (Lipinski definition) is 4. The van der Waals surface area contributed by atoms with Gasteiger partial charge in [-0.25, -0.2) is 12.7 Å². The summed E-state index contributed by atoms with van der Waals surface area (Å²) < 4.78 is 29.8. The number of nitrogens with one attached hydrogen (secondary N) is 1. The molecule has 6 nitrogen and oxygen atoms in total. The molecule has 0 fully saturated rings. The Balaban J connectivity index is 1.87. The van der Waals surface area contributed by atoms with Crippen LogP contribution in [0.25, 0.3) is 0 Å². The van der Waals surface area contributed by atoms with Crippen LogP contribution in [0.1, 0.15) is 36.1 Å². The molecule has 2 aromatic carbocycles. The van der Waals surface area contributed by atoms with Gasteiger partial charge in [0.2, 0.25) is 10.0 Å². The maximum absolute atomic E-state index is 12.2. The van der Waals surface area contributed by atoms with Crippen molar-refractivity contribution in [2.45, 2.75) is 32.9 Å². The van der Waals surface area contributed by atoms with E-state index >= 15 is 0 Å². The summed E-state index contributed by atoms with van der Waals surface area (Å²) >= 11 is 0. The average Bonchev–Trinajstić information content (AvgIpc) is 2.65. The second-order valence-corrected chi connectivity index (χ2v) is 8.98. The third kappa shape index (κ3) is 6.65. The van der Waals surface area contributed by atoms with Gasteiger partial charge in [-0.3, -0.25) is 4.79 Å². The highest BCUT2D eigenvalue weighted by molar-refractivity contribution is 7.88. The molecule has 0 saturated carbocycles. The summed E-state index contributed by atoms with van der Waals surface area (Å²) in [7, 11) is -1.69. The van der Waals surface area contributed by atoms with Crippen LogP contribution in [0.2, 0.25) is 0 Å². The quantitative estimate of drug-likeness (QED) is 0.697. The minimum atomic E-state index is -3.22. The van der Waals surface area contributed by atoms with Gasteiger partial charge in [-0.15, -0.1) is 0 Å². The van der Waals surface area contributed by atoms with Crippen molar-refractivity contribution in [1.82, 2.24) is 9.62 Å². The first-order chi connectivity index (χ1) is 13.2. The molecule has 1 N–H and O–H groups in total. The summed E-state index contributed by atoms with van der Waals surface area (Å²) in [6, 6.07) is 15.1. The van der Waals surface area contributed by atoms with Crippen molar-refractivity contribution in [3.05, 3.63) is 65.2 Å². The number of aryl methyl sites for hydroxylation is 1. The molecule has 0 aliphatic heterocycles. The molecule has 2 aromatic rings. The molecule has 28 heavy (non-hydrogen) atoms. The maximum atomic E-state index is 12.2. The van der Waals surface area contributed by atoms with E-state index in [1.807, 2.05) is 38.1 Å². The second kappa shape index (κ2) is 9.71. The van der Waals surface area contributed by atoms with Gasteiger partial charge in [0.05, 0.1) is 12.3 Å². The van der Waals surface area contributed by atoms with Crippen LogP contribution < -0.4 is 10.1 Å². The van der Waals surface area contributed by atoms with Crippen LogP contribution in [0.3, 0.4) is 0 Å². The lowest BCUT2D eigenvalue weighted by atomic mass is 10.0. The first-order valence-corrected chi connectivity index (χ1v) is 11.0. The summed E-state index contributed by atoms with van der Waals surface area (Å²) in [5.74, 6) is 0.373. The largest absolute Gasteiger partial charge is 0.484 e. The van der Waals surface area contributed by atoms with Gasteiger partial charge in [-0.05, 0) is 36.6 Å². The lowest BCUT2D eigenvalue weighted by Gasteiger charge is -2.18. The highest BCUT2D eigenvalue weighted by atomic mass is 32.2. The van der Waals surface area contributed by atoms with Crippen LogP contribution in [-0.4, -0.2) is 38.5 Å². The van der Waals surface area contributed by atoms with Gasteiger partial charge in [0.25, 0.3) is 5.91 Å². The molecule has 0 radical (unpaired) electrons. The van der Waals surface area contributed by atoms with E-state index in [1.54, 1.807) is 24.3 Å². The number of sulfonamides is 1. The van der Waals surface area contributed by atoms with Gasteiger partial charge in [0.1, 0.15) is 5.75 Å². The van der Waals surface area contributed by atoms with Crippen LogP contribution in [0.5, 0.6) is 5.75 Å². The zero-order chi connectivity index (χ0) is 20.7. The number of hydrogen-bond donors (Lipinski definition) is 1. The predicted octanol–water partition coefficient (Wildman–Crippen LogP) is 3.03. The molecule has 152 valence electrons. The summed E-state index contributed by atoms with van der Waals surface area (Å²) in [6.45, 7) is 4.26. The van der Waals surface area contributed by atoms with Crippen molar-refractivity contribution in [3.8, 4) is 5.75 Å². The van der Waals surface area contributed by atoms with E-state index < -0.39 is 10.0 Å². The number of nitrogens with zero attached hydrogens (tertiary/aromatic N) is 1. The SMILES string of the molecule is CC[C@@H](NC(=O)COc1ccc(CN(C)S(C)(=O)=O)cc1)c1ccc(C)cc1. The van der Waals surface area contributed by atoms with E-state index in [9.17, 15) is 13.2 Å². The Morgan fingerprint density at radius 3 is 2.25 bits per heavy atom. The third-order valence-electron chi connectivity index (χ3n) is 4.49. The van der Waals surface area contributed by atoms with E-state index in [1.165, 1.54) is 23.2 Å². The van der Waals surface area contributed by atoms with Gasteiger partial charge in [-0.2, -0.15) is 0 Å². The van der Waals surface area contributed by atoms with E-state index in [4.69, 9.17) is 4.74 Å². The number of ether oxygens (including phenoxy) is 1. The first kappa shape index (κ1) is 21.9. The van der Waals surface area contributed by atoms with E-state index in [2.05, 4.69) is 5.32 Å². The molecule has 0 aliphatic rings. The third-order valence-corrected chi connectivity index (χ3v) is 5.75. The summed E-state index contributed by atoms with van der Waals surface area (Å²) in [5, 5.41) is 2.99. The summed E-state index contributed by atoms with van der Waals surface area (Å²) in [5.41, 5.74) is 3.09. The van der Waals surface area contributed by atoms with E-state index in [0.717, 1.165) is 17.5 Å².